The number of nitriles is 1. The van der Waals surface area contributed by atoms with Crippen LogP contribution in [-0.2, 0) is 11.3 Å². The van der Waals surface area contributed by atoms with Gasteiger partial charge in [0.15, 0.2) is 0 Å². The minimum absolute atomic E-state index is 0.0906. The van der Waals surface area contributed by atoms with Crippen LogP contribution in [0, 0.1) is 11.3 Å². The lowest BCUT2D eigenvalue weighted by Gasteiger charge is -2.09. The van der Waals surface area contributed by atoms with Gasteiger partial charge in [0, 0.05) is 22.4 Å². The minimum atomic E-state index is -0.873. The second-order valence-electron chi connectivity index (χ2n) is 7.57. The van der Waals surface area contributed by atoms with Gasteiger partial charge in [-0.3, -0.25) is 4.79 Å². The lowest BCUT2D eigenvalue weighted by Crippen LogP contribution is -2.08. The smallest absolute Gasteiger partial charge is 0.323 e. The zero-order valence-electron chi connectivity index (χ0n) is 17.7. The van der Waals surface area contributed by atoms with Crippen LogP contribution in [0.1, 0.15) is 24.8 Å². The van der Waals surface area contributed by atoms with Crippen molar-refractivity contribution in [3.05, 3.63) is 72.3 Å². The number of nitrogens with zero attached hydrogens (tertiary/aromatic N) is 2. The number of para-hydroxylation sites is 1. The molecule has 0 fully saturated rings. The molecule has 0 saturated heterocycles. The normalized spacial score (nSPS) is 10.8. The number of carboxylic acid groups (broad SMARTS) is 1. The second-order valence-corrected chi connectivity index (χ2v) is 7.57. The van der Waals surface area contributed by atoms with Gasteiger partial charge in [-0.25, -0.2) is 0 Å². The molecular weight excluding hydrogens is 404 g/mol. The minimum Gasteiger partial charge on any atom is -0.494 e. The summed E-state index contributed by atoms with van der Waals surface area (Å²) in [6, 6.07) is 22.9. The maximum atomic E-state index is 11.4. The number of rotatable bonds is 10. The molecule has 4 rings (SSSR count). The van der Waals surface area contributed by atoms with Crippen molar-refractivity contribution >= 4 is 27.8 Å². The number of carbonyl (C=O) groups is 1. The zero-order chi connectivity index (χ0) is 22.3. The monoisotopic (exact) mass is 428 g/mol. The van der Waals surface area contributed by atoms with E-state index < -0.39 is 5.97 Å². The number of hydrogen-bond donors (Lipinski definition) is 1. The highest BCUT2D eigenvalue weighted by Gasteiger charge is 2.13. The summed E-state index contributed by atoms with van der Waals surface area (Å²) in [5.74, 6) is 0.633. The largest absolute Gasteiger partial charge is 0.494 e. The quantitative estimate of drug-likeness (QED) is 0.343. The average Bonchev–Trinajstić information content (AvgIpc) is 3.11. The number of aromatic nitrogens is 1. The third-order valence-corrected chi connectivity index (χ3v) is 5.35. The van der Waals surface area contributed by atoms with Crippen molar-refractivity contribution < 1.29 is 19.4 Å². The summed E-state index contributed by atoms with van der Waals surface area (Å²) in [5.41, 5.74) is 2.39. The van der Waals surface area contributed by atoms with Gasteiger partial charge < -0.3 is 19.1 Å². The summed E-state index contributed by atoms with van der Waals surface area (Å²) in [6.45, 7) is 1.11. The molecule has 0 bridgehead atoms. The Kier molecular flexibility index (Phi) is 6.57. The third kappa shape index (κ3) is 4.84. The molecule has 0 aliphatic heterocycles. The number of unbranched alkanes of at least 4 members (excludes halogenated alkanes) is 2. The molecule has 0 saturated carbocycles. The van der Waals surface area contributed by atoms with Crippen LogP contribution in [0.15, 0.2) is 66.7 Å². The lowest BCUT2D eigenvalue weighted by atomic mass is 10.1. The molecule has 3 aromatic carbocycles. The van der Waals surface area contributed by atoms with E-state index in [9.17, 15) is 9.90 Å². The van der Waals surface area contributed by atoms with E-state index in [2.05, 4.69) is 6.07 Å². The molecule has 6 nitrogen and oxygen atoms in total. The molecule has 0 amide bonds. The Balaban J connectivity index is 1.30. The third-order valence-electron chi connectivity index (χ3n) is 5.35. The van der Waals surface area contributed by atoms with E-state index >= 15 is 0 Å². The fourth-order valence-electron chi connectivity index (χ4n) is 3.81. The van der Waals surface area contributed by atoms with Crippen LogP contribution in [0.2, 0.25) is 0 Å². The van der Waals surface area contributed by atoms with Crippen molar-refractivity contribution in [2.24, 2.45) is 0 Å². The summed E-state index contributed by atoms with van der Waals surface area (Å²) < 4.78 is 13.4. The van der Waals surface area contributed by atoms with Crippen molar-refractivity contribution in [1.82, 2.24) is 4.57 Å². The molecule has 1 heterocycles. The molecule has 1 N–H and O–H groups in total. The Bertz CT molecular complexity index is 1270. The van der Waals surface area contributed by atoms with Crippen molar-refractivity contribution in [2.45, 2.75) is 25.8 Å². The molecule has 4 aromatic rings. The maximum absolute atomic E-state index is 11.4. The first-order valence-corrected chi connectivity index (χ1v) is 10.6. The first-order chi connectivity index (χ1) is 15.7. The zero-order valence-corrected chi connectivity index (χ0v) is 17.7. The molecule has 0 aliphatic rings. The fourth-order valence-corrected chi connectivity index (χ4v) is 3.81. The SMILES string of the molecule is N#Cc1ccc(OCCCCCOc2ccc3c4ccccc4n(CC(=O)O)c3c2)cc1. The van der Waals surface area contributed by atoms with Gasteiger partial charge in [0.1, 0.15) is 18.0 Å². The van der Waals surface area contributed by atoms with Crippen LogP contribution in [0.3, 0.4) is 0 Å². The van der Waals surface area contributed by atoms with Crippen LogP contribution in [0.25, 0.3) is 21.8 Å². The van der Waals surface area contributed by atoms with Gasteiger partial charge in [-0.15, -0.1) is 0 Å². The van der Waals surface area contributed by atoms with E-state index in [1.807, 2.05) is 47.0 Å². The van der Waals surface area contributed by atoms with Gasteiger partial charge in [-0.2, -0.15) is 5.26 Å². The summed E-state index contributed by atoms with van der Waals surface area (Å²) in [6.07, 6.45) is 2.78. The molecule has 0 spiro atoms. The molecule has 6 heteroatoms. The highest BCUT2D eigenvalue weighted by Crippen LogP contribution is 2.31. The standard InChI is InChI=1S/C26H24N2O4/c27-17-19-8-10-20(11-9-19)31-14-4-1-5-15-32-21-12-13-23-22-6-2-3-7-24(22)28(18-26(29)30)25(23)16-21/h2-3,6-13,16H,1,4-5,14-15,18H2,(H,29,30). The van der Waals surface area contributed by atoms with Crippen LogP contribution >= 0.6 is 0 Å². The Hall–Kier alpha value is -3.98. The van der Waals surface area contributed by atoms with E-state index in [0.29, 0.717) is 18.8 Å². The lowest BCUT2D eigenvalue weighted by molar-refractivity contribution is -0.137. The predicted molar refractivity (Wildman–Crippen MR) is 123 cm³/mol. The molecule has 0 aliphatic carbocycles. The number of ether oxygens (including phenoxy) is 2. The summed E-state index contributed by atoms with van der Waals surface area (Å²) >= 11 is 0. The summed E-state index contributed by atoms with van der Waals surface area (Å²) in [5, 5.41) is 20.2. The second kappa shape index (κ2) is 9.88. The van der Waals surface area contributed by atoms with Gasteiger partial charge >= 0.3 is 5.97 Å². The highest BCUT2D eigenvalue weighted by molar-refractivity contribution is 6.08. The molecule has 0 radical (unpaired) electrons. The molecule has 162 valence electrons. The Morgan fingerprint density at radius 2 is 1.50 bits per heavy atom. The van der Waals surface area contributed by atoms with Crippen LogP contribution in [0.4, 0.5) is 0 Å². The van der Waals surface area contributed by atoms with E-state index in [1.54, 1.807) is 24.3 Å². The van der Waals surface area contributed by atoms with Crippen LogP contribution < -0.4 is 9.47 Å². The van der Waals surface area contributed by atoms with Crippen molar-refractivity contribution in [3.8, 4) is 17.6 Å². The predicted octanol–water partition coefficient (Wildman–Crippen LogP) is 5.38. The van der Waals surface area contributed by atoms with Crippen molar-refractivity contribution in [1.29, 1.82) is 5.26 Å². The molecule has 0 unspecified atom stereocenters. The van der Waals surface area contributed by atoms with Crippen LogP contribution in [0.5, 0.6) is 11.5 Å². The highest BCUT2D eigenvalue weighted by atomic mass is 16.5. The van der Waals surface area contributed by atoms with E-state index in [0.717, 1.165) is 52.6 Å². The van der Waals surface area contributed by atoms with E-state index in [-0.39, 0.29) is 6.54 Å². The fraction of sp³-hybridized carbons (Fsp3) is 0.231. The number of aliphatic carboxylic acids is 1. The topological polar surface area (TPSA) is 84.5 Å². The van der Waals surface area contributed by atoms with Crippen molar-refractivity contribution in [2.75, 3.05) is 13.2 Å². The Morgan fingerprint density at radius 3 is 2.22 bits per heavy atom. The van der Waals surface area contributed by atoms with E-state index in [1.165, 1.54) is 0 Å². The van der Waals surface area contributed by atoms with Gasteiger partial charge in [0.25, 0.3) is 0 Å². The molecule has 32 heavy (non-hydrogen) atoms. The van der Waals surface area contributed by atoms with Gasteiger partial charge in [-0.1, -0.05) is 18.2 Å². The van der Waals surface area contributed by atoms with Gasteiger partial charge in [0.05, 0.1) is 30.4 Å². The van der Waals surface area contributed by atoms with Gasteiger partial charge in [0.2, 0.25) is 0 Å². The first kappa shape index (κ1) is 21.3. The maximum Gasteiger partial charge on any atom is 0.323 e. The van der Waals surface area contributed by atoms with Crippen LogP contribution in [-0.4, -0.2) is 28.9 Å². The number of fused-ring (bicyclic) bond motifs is 3. The first-order valence-electron chi connectivity index (χ1n) is 10.6. The summed E-state index contributed by atoms with van der Waals surface area (Å²) in [7, 11) is 0. The number of benzene rings is 3. The van der Waals surface area contributed by atoms with E-state index in [4.69, 9.17) is 14.7 Å². The number of hydrogen-bond acceptors (Lipinski definition) is 4. The van der Waals surface area contributed by atoms with Gasteiger partial charge in [-0.05, 0) is 61.7 Å². The van der Waals surface area contributed by atoms with Crippen molar-refractivity contribution in [3.63, 3.8) is 0 Å². The molecule has 0 atom stereocenters. The average molecular weight is 428 g/mol. The summed E-state index contributed by atoms with van der Waals surface area (Å²) in [4.78, 5) is 11.4. The number of carboxylic acids is 1. The molecular formula is C26H24N2O4. The molecule has 1 aromatic heterocycles. The Morgan fingerprint density at radius 1 is 0.844 bits per heavy atom. The Labute approximate surface area is 186 Å².